The van der Waals surface area contributed by atoms with Gasteiger partial charge in [0.15, 0.2) is 0 Å². The Hall–Kier alpha value is -1.16. The van der Waals surface area contributed by atoms with Crippen LogP contribution < -0.4 is 10.6 Å². The molecule has 0 aromatic heterocycles. The normalized spacial score (nSPS) is 19.7. The van der Waals surface area contributed by atoms with Gasteiger partial charge in [-0.1, -0.05) is 0 Å². The van der Waals surface area contributed by atoms with Gasteiger partial charge in [0.1, 0.15) is 0 Å². The van der Waals surface area contributed by atoms with Gasteiger partial charge in [0, 0.05) is 30.1 Å². The van der Waals surface area contributed by atoms with Gasteiger partial charge < -0.3 is 10.6 Å². The zero-order valence-electron chi connectivity index (χ0n) is 10.0. The number of thioether (sulfide) groups is 1. The molecular formula is C13H18N2OS. The Morgan fingerprint density at radius 1 is 1.29 bits per heavy atom. The molecule has 3 nitrogen and oxygen atoms in total. The zero-order valence-corrected chi connectivity index (χ0v) is 10.8. The Morgan fingerprint density at radius 2 is 2.00 bits per heavy atom. The molecule has 2 N–H and O–H groups in total. The quantitative estimate of drug-likeness (QED) is 0.866. The van der Waals surface area contributed by atoms with Crippen LogP contribution in [0.5, 0.6) is 0 Å². The number of benzene rings is 1. The average Bonchev–Trinajstić information content (AvgIpc) is 2.32. The van der Waals surface area contributed by atoms with Crippen LogP contribution in [0.25, 0.3) is 0 Å². The van der Waals surface area contributed by atoms with Crippen LogP contribution in [0.1, 0.15) is 19.8 Å². The first kappa shape index (κ1) is 12.3. The Labute approximate surface area is 106 Å². The van der Waals surface area contributed by atoms with Crippen molar-refractivity contribution in [2.45, 2.75) is 25.8 Å². The van der Waals surface area contributed by atoms with Crippen LogP contribution in [0.2, 0.25) is 0 Å². The summed E-state index contributed by atoms with van der Waals surface area (Å²) in [4.78, 5) is 10.9. The van der Waals surface area contributed by atoms with Crippen molar-refractivity contribution in [1.82, 2.24) is 0 Å². The van der Waals surface area contributed by atoms with Crippen LogP contribution in [-0.4, -0.2) is 23.5 Å². The average molecular weight is 250 g/mol. The highest BCUT2D eigenvalue weighted by atomic mass is 32.2. The molecule has 0 bridgehead atoms. The highest BCUT2D eigenvalue weighted by molar-refractivity contribution is 7.99. The summed E-state index contributed by atoms with van der Waals surface area (Å²) < 4.78 is 0. The fourth-order valence-corrected chi connectivity index (χ4v) is 3.02. The van der Waals surface area contributed by atoms with Gasteiger partial charge in [0.05, 0.1) is 0 Å². The molecule has 1 aromatic rings. The molecular weight excluding hydrogens is 232 g/mol. The van der Waals surface area contributed by atoms with Crippen molar-refractivity contribution in [1.29, 1.82) is 0 Å². The maximum atomic E-state index is 10.9. The molecule has 1 fully saturated rings. The minimum absolute atomic E-state index is 0.0330. The Bertz CT molecular complexity index is 372. The van der Waals surface area contributed by atoms with Crippen molar-refractivity contribution in [3.63, 3.8) is 0 Å². The number of amides is 1. The summed E-state index contributed by atoms with van der Waals surface area (Å²) in [5, 5.41) is 6.29. The lowest BCUT2D eigenvalue weighted by molar-refractivity contribution is -0.114. The van der Waals surface area contributed by atoms with Crippen LogP contribution in [0, 0.1) is 0 Å². The lowest BCUT2D eigenvalue weighted by atomic mass is 10.1. The second-order valence-corrected chi connectivity index (χ2v) is 5.47. The molecule has 1 aromatic carbocycles. The molecule has 1 saturated heterocycles. The summed E-state index contributed by atoms with van der Waals surface area (Å²) in [7, 11) is 0. The first-order chi connectivity index (χ1) is 8.24. The Kier molecular flexibility index (Phi) is 4.31. The lowest BCUT2D eigenvalue weighted by Gasteiger charge is -2.23. The summed E-state index contributed by atoms with van der Waals surface area (Å²) in [6, 6.07) is 8.48. The summed E-state index contributed by atoms with van der Waals surface area (Å²) in [6.07, 6.45) is 2.55. The molecule has 1 aliphatic rings. The van der Waals surface area contributed by atoms with E-state index in [1.807, 2.05) is 36.0 Å². The molecule has 1 atom stereocenters. The Morgan fingerprint density at radius 3 is 2.59 bits per heavy atom. The van der Waals surface area contributed by atoms with E-state index in [1.54, 1.807) is 0 Å². The first-order valence-electron chi connectivity index (χ1n) is 5.96. The van der Waals surface area contributed by atoms with Gasteiger partial charge >= 0.3 is 0 Å². The van der Waals surface area contributed by atoms with Crippen LogP contribution in [-0.2, 0) is 4.79 Å². The third-order valence-electron chi connectivity index (χ3n) is 2.74. The second kappa shape index (κ2) is 5.96. The number of nitrogens with one attached hydrogen (secondary N) is 2. The van der Waals surface area contributed by atoms with E-state index in [-0.39, 0.29) is 5.91 Å². The van der Waals surface area contributed by atoms with Crippen molar-refractivity contribution in [2.75, 3.05) is 22.1 Å². The molecule has 0 saturated carbocycles. The number of carbonyl (C=O) groups excluding carboxylic acids is 1. The standard InChI is InChI=1S/C13H18N2OS/c1-10(16)14-11-4-6-12(7-5-11)15-13-3-2-8-17-9-13/h4-7,13,15H,2-3,8-9H2,1H3,(H,14,16). The molecule has 0 radical (unpaired) electrons. The predicted octanol–water partition coefficient (Wildman–Crippen LogP) is 2.95. The third kappa shape index (κ3) is 3.97. The van der Waals surface area contributed by atoms with E-state index in [4.69, 9.17) is 0 Å². The number of rotatable bonds is 3. The maximum absolute atomic E-state index is 10.9. The van der Waals surface area contributed by atoms with Gasteiger partial charge in [-0.25, -0.2) is 0 Å². The highest BCUT2D eigenvalue weighted by Gasteiger charge is 2.12. The van der Waals surface area contributed by atoms with Crippen molar-refractivity contribution >= 4 is 29.0 Å². The van der Waals surface area contributed by atoms with E-state index in [0.717, 1.165) is 11.4 Å². The van der Waals surface area contributed by atoms with E-state index in [0.29, 0.717) is 6.04 Å². The monoisotopic (exact) mass is 250 g/mol. The van der Waals surface area contributed by atoms with Gasteiger partial charge in [0.25, 0.3) is 0 Å². The summed E-state index contributed by atoms with van der Waals surface area (Å²) >= 11 is 2.01. The van der Waals surface area contributed by atoms with Gasteiger partial charge in [-0.15, -0.1) is 0 Å². The fourth-order valence-electron chi connectivity index (χ4n) is 1.94. The van der Waals surface area contributed by atoms with E-state index in [1.165, 1.54) is 31.3 Å². The number of carbonyl (C=O) groups is 1. The molecule has 0 aliphatic carbocycles. The third-order valence-corrected chi connectivity index (χ3v) is 3.95. The summed E-state index contributed by atoms with van der Waals surface area (Å²) in [5.74, 6) is 2.45. The molecule has 1 aliphatic heterocycles. The fraction of sp³-hybridized carbons (Fsp3) is 0.462. The van der Waals surface area contributed by atoms with Crippen molar-refractivity contribution in [2.24, 2.45) is 0 Å². The predicted molar refractivity (Wildman–Crippen MR) is 74.7 cm³/mol. The highest BCUT2D eigenvalue weighted by Crippen LogP contribution is 2.21. The number of anilines is 2. The molecule has 1 unspecified atom stereocenters. The molecule has 4 heteroatoms. The summed E-state index contributed by atoms with van der Waals surface area (Å²) in [5.41, 5.74) is 1.98. The van der Waals surface area contributed by atoms with Gasteiger partial charge in [0.2, 0.25) is 5.91 Å². The SMILES string of the molecule is CC(=O)Nc1ccc(NC2CCCSC2)cc1. The molecule has 0 spiro atoms. The molecule has 92 valence electrons. The van der Waals surface area contributed by atoms with Crippen molar-refractivity contribution < 1.29 is 4.79 Å². The Balaban J connectivity index is 1.90. The molecule has 17 heavy (non-hydrogen) atoms. The van der Waals surface area contributed by atoms with E-state index < -0.39 is 0 Å². The smallest absolute Gasteiger partial charge is 0.221 e. The van der Waals surface area contributed by atoms with Crippen LogP contribution >= 0.6 is 11.8 Å². The van der Waals surface area contributed by atoms with Crippen molar-refractivity contribution in [3.8, 4) is 0 Å². The maximum Gasteiger partial charge on any atom is 0.221 e. The van der Waals surface area contributed by atoms with Gasteiger partial charge in [-0.2, -0.15) is 11.8 Å². The largest absolute Gasteiger partial charge is 0.381 e. The van der Waals surface area contributed by atoms with E-state index in [2.05, 4.69) is 10.6 Å². The van der Waals surface area contributed by atoms with Gasteiger partial charge in [-0.05, 0) is 42.9 Å². The summed E-state index contributed by atoms with van der Waals surface area (Å²) in [6.45, 7) is 1.52. The molecule has 1 amide bonds. The zero-order chi connectivity index (χ0) is 12.1. The van der Waals surface area contributed by atoms with E-state index >= 15 is 0 Å². The topological polar surface area (TPSA) is 41.1 Å². The minimum Gasteiger partial charge on any atom is -0.381 e. The first-order valence-corrected chi connectivity index (χ1v) is 7.11. The van der Waals surface area contributed by atoms with Crippen LogP contribution in [0.4, 0.5) is 11.4 Å². The van der Waals surface area contributed by atoms with Gasteiger partial charge in [-0.3, -0.25) is 4.79 Å². The number of hydrogen-bond acceptors (Lipinski definition) is 3. The van der Waals surface area contributed by atoms with Crippen molar-refractivity contribution in [3.05, 3.63) is 24.3 Å². The second-order valence-electron chi connectivity index (χ2n) is 4.32. The number of hydrogen-bond donors (Lipinski definition) is 2. The minimum atomic E-state index is -0.0330. The molecule has 2 rings (SSSR count). The van der Waals surface area contributed by atoms with Crippen LogP contribution in [0.15, 0.2) is 24.3 Å². The van der Waals surface area contributed by atoms with E-state index in [9.17, 15) is 4.79 Å². The van der Waals surface area contributed by atoms with Crippen LogP contribution in [0.3, 0.4) is 0 Å². The lowest BCUT2D eigenvalue weighted by Crippen LogP contribution is -2.25. The molecule has 1 heterocycles.